The third-order valence-corrected chi connectivity index (χ3v) is 6.63. The van der Waals surface area contributed by atoms with Gasteiger partial charge in [-0.2, -0.15) is 5.10 Å². The Hall–Kier alpha value is -3.49. The molecule has 1 aliphatic heterocycles. The molecule has 1 atom stereocenters. The second-order valence-electron chi connectivity index (χ2n) is 8.00. The second kappa shape index (κ2) is 9.17. The van der Waals surface area contributed by atoms with Crippen LogP contribution in [0.2, 0.25) is 0 Å². The largest absolute Gasteiger partial charge is 0.497 e. The van der Waals surface area contributed by atoms with Gasteiger partial charge in [-0.05, 0) is 61.1 Å². The van der Waals surface area contributed by atoms with Crippen LogP contribution < -0.4 is 4.74 Å². The van der Waals surface area contributed by atoms with E-state index in [1.165, 1.54) is 0 Å². The lowest BCUT2D eigenvalue weighted by molar-refractivity contribution is -0.134. The van der Waals surface area contributed by atoms with Crippen molar-refractivity contribution in [2.45, 2.75) is 19.0 Å². The molecule has 7 nitrogen and oxygen atoms in total. The highest BCUT2D eigenvalue weighted by Gasteiger charge is 2.35. The van der Waals surface area contributed by atoms with Gasteiger partial charge in [0.15, 0.2) is 0 Å². The first-order valence-electron chi connectivity index (χ1n) is 10.7. The zero-order chi connectivity index (χ0) is 22.8. The van der Waals surface area contributed by atoms with E-state index in [4.69, 9.17) is 14.3 Å². The normalized spacial score (nSPS) is 15.9. The van der Waals surface area contributed by atoms with Crippen molar-refractivity contribution < 1.29 is 13.9 Å². The van der Waals surface area contributed by atoms with Gasteiger partial charge in [0.1, 0.15) is 22.6 Å². The number of amides is 1. The molecule has 0 saturated carbocycles. The number of benzene rings is 2. The molecule has 33 heavy (non-hydrogen) atoms. The lowest BCUT2D eigenvalue weighted by Gasteiger charge is -2.22. The van der Waals surface area contributed by atoms with Crippen molar-refractivity contribution >= 4 is 33.2 Å². The fourth-order valence-corrected chi connectivity index (χ4v) is 5.03. The van der Waals surface area contributed by atoms with Gasteiger partial charge in [0, 0.05) is 6.42 Å². The predicted octanol–water partition coefficient (Wildman–Crippen LogP) is 4.71. The van der Waals surface area contributed by atoms with Crippen LogP contribution in [0.25, 0.3) is 10.2 Å². The van der Waals surface area contributed by atoms with Gasteiger partial charge in [0.2, 0.25) is 0 Å². The quantitative estimate of drug-likeness (QED) is 0.400. The number of furan rings is 1. The molecule has 0 fully saturated rings. The van der Waals surface area contributed by atoms with Crippen LogP contribution in [0, 0.1) is 0 Å². The lowest BCUT2D eigenvalue weighted by Crippen LogP contribution is -2.36. The van der Waals surface area contributed by atoms with E-state index in [0.29, 0.717) is 13.0 Å². The zero-order valence-electron chi connectivity index (χ0n) is 18.5. The lowest BCUT2D eigenvalue weighted by atomic mass is 10.0. The number of methoxy groups -OCH3 is 1. The second-order valence-corrected chi connectivity index (χ2v) is 9.11. The third-order valence-electron chi connectivity index (χ3n) is 5.61. The molecule has 1 unspecified atom stereocenters. The van der Waals surface area contributed by atoms with Crippen molar-refractivity contribution in [2.24, 2.45) is 5.10 Å². The number of hydrogen-bond acceptors (Lipinski definition) is 7. The fraction of sp³-hybridized carbons (Fsp3) is 0.240. The molecule has 2 aromatic heterocycles. The number of ether oxygens (including phenoxy) is 1. The van der Waals surface area contributed by atoms with E-state index in [1.54, 1.807) is 29.7 Å². The minimum atomic E-state index is -0.263. The Morgan fingerprint density at radius 2 is 2.00 bits per heavy atom. The van der Waals surface area contributed by atoms with E-state index in [-0.39, 0.29) is 18.5 Å². The number of para-hydroxylation sites is 1. The van der Waals surface area contributed by atoms with Gasteiger partial charge in [-0.15, -0.1) is 11.3 Å². The van der Waals surface area contributed by atoms with Gasteiger partial charge < -0.3 is 9.15 Å². The van der Waals surface area contributed by atoms with E-state index in [0.717, 1.165) is 38.0 Å². The van der Waals surface area contributed by atoms with E-state index in [2.05, 4.69) is 11.1 Å². The summed E-state index contributed by atoms with van der Waals surface area (Å²) < 4.78 is 12.0. The molecule has 1 amide bonds. The van der Waals surface area contributed by atoms with Crippen molar-refractivity contribution in [3.05, 3.63) is 83.3 Å². The highest BCUT2D eigenvalue weighted by Crippen LogP contribution is 2.33. The maximum atomic E-state index is 13.3. The number of aromatic nitrogens is 1. The topological polar surface area (TPSA) is 71.2 Å². The number of thiazole rings is 1. The van der Waals surface area contributed by atoms with Gasteiger partial charge in [-0.3, -0.25) is 9.69 Å². The molecular formula is C25H24N4O3S. The number of hydrogen-bond donors (Lipinski definition) is 0. The first-order valence-corrected chi connectivity index (χ1v) is 11.5. The van der Waals surface area contributed by atoms with E-state index in [9.17, 15) is 4.79 Å². The minimum absolute atomic E-state index is 0.0801. The summed E-state index contributed by atoms with van der Waals surface area (Å²) in [5.74, 6) is 1.43. The number of rotatable bonds is 7. The molecule has 5 rings (SSSR count). The molecule has 0 aliphatic carbocycles. The summed E-state index contributed by atoms with van der Waals surface area (Å²) in [7, 11) is 3.57. The van der Waals surface area contributed by atoms with Crippen LogP contribution >= 0.6 is 11.3 Å². The molecule has 0 N–H and O–H groups in total. The number of hydrazone groups is 1. The molecule has 1 aliphatic rings. The maximum absolute atomic E-state index is 13.3. The molecule has 0 saturated heterocycles. The Bertz CT molecular complexity index is 1250. The summed E-state index contributed by atoms with van der Waals surface area (Å²) in [6, 6.07) is 19.3. The van der Waals surface area contributed by atoms with Crippen LogP contribution in [0.3, 0.4) is 0 Å². The van der Waals surface area contributed by atoms with E-state index >= 15 is 0 Å². The minimum Gasteiger partial charge on any atom is -0.497 e. The van der Waals surface area contributed by atoms with Crippen molar-refractivity contribution in [3.8, 4) is 5.75 Å². The first-order chi connectivity index (χ1) is 16.1. The molecule has 2 aromatic carbocycles. The van der Waals surface area contributed by atoms with Crippen molar-refractivity contribution in [1.82, 2.24) is 14.9 Å². The number of fused-ring (bicyclic) bond motifs is 1. The average molecular weight is 461 g/mol. The maximum Gasteiger partial charge on any atom is 0.257 e. The molecule has 8 heteroatoms. The predicted molar refractivity (Wildman–Crippen MR) is 128 cm³/mol. The summed E-state index contributed by atoms with van der Waals surface area (Å²) in [5.41, 5.74) is 2.80. The average Bonchev–Trinajstić information content (AvgIpc) is 3.57. The summed E-state index contributed by atoms with van der Waals surface area (Å²) >= 11 is 1.65. The number of nitrogens with zero attached hydrogens (tertiary/aromatic N) is 4. The van der Waals surface area contributed by atoms with Gasteiger partial charge in [-0.1, -0.05) is 12.1 Å². The monoisotopic (exact) mass is 460 g/mol. The standard InChI is InChI=1S/C25H24N4O3S/c1-28(15-24-26-19-6-3-4-8-23(19)33-24)16-25(30)29-21(22-7-5-13-32-22)14-20(27-29)17-9-11-18(31-2)12-10-17/h3-13,21H,14-16H2,1-2H3. The van der Waals surface area contributed by atoms with Gasteiger partial charge in [0.05, 0.1) is 42.4 Å². The first kappa shape index (κ1) is 21.4. The third kappa shape index (κ3) is 4.53. The summed E-state index contributed by atoms with van der Waals surface area (Å²) in [5, 5.41) is 7.25. The van der Waals surface area contributed by atoms with E-state index < -0.39 is 0 Å². The SMILES string of the molecule is COc1ccc(C2=NN(C(=O)CN(C)Cc3nc4ccccc4s3)C(c3ccco3)C2)cc1. The van der Waals surface area contributed by atoms with Crippen LogP contribution in [0.4, 0.5) is 0 Å². The Morgan fingerprint density at radius 1 is 1.18 bits per heavy atom. The molecule has 168 valence electrons. The number of carbonyl (C=O) groups is 1. The highest BCUT2D eigenvalue weighted by atomic mass is 32.1. The van der Waals surface area contributed by atoms with Crippen molar-refractivity contribution in [1.29, 1.82) is 0 Å². The molecule has 0 bridgehead atoms. The van der Waals surface area contributed by atoms with Gasteiger partial charge >= 0.3 is 0 Å². The molecule has 0 spiro atoms. The van der Waals surface area contributed by atoms with Gasteiger partial charge in [-0.25, -0.2) is 9.99 Å². The summed E-state index contributed by atoms with van der Waals surface area (Å²) in [6.45, 7) is 0.825. The van der Waals surface area contributed by atoms with Crippen LogP contribution in [0.15, 0.2) is 76.4 Å². The molecule has 0 radical (unpaired) electrons. The molecular weight excluding hydrogens is 436 g/mol. The van der Waals surface area contributed by atoms with E-state index in [1.807, 2.05) is 66.5 Å². The molecule has 4 aromatic rings. The van der Waals surface area contributed by atoms with Crippen molar-refractivity contribution in [3.63, 3.8) is 0 Å². The van der Waals surface area contributed by atoms with Crippen molar-refractivity contribution in [2.75, 3.05) is 20.7 Å². The highest BCUT2D eigenvalue weighted by molar-refractivity contribution is 7.18. The Kier molecular flexibility index (Phi) is 5.93. The Morgan fingerprint density at radius 3 is 2.73 bits per heavy atom. The van der Waals surface area contributed by atoms with Gasteiger partial charge in [0.25, 0.3) is 5.91 Å². The fourth-order valence-electron chi connectivity index (χ4n) is 3.98. The summed E-state index contributed by atoms with van der Waals surface area (Å²) in [4.78, 5) is 19.9. The molecule has 3 heterocycles. The van der Waals surface area contributed by atoms with Crippen LogP contribution in [0.5, 0.6) is 5.75 Å². The van der Waals surface area contributed by atoms with Crippen LogP contribution in [-0.4, -0.2) is 47.2 Å². The number of carbonyl (C=O) groups excluding carboxylic acids is 1. The smallest absolute Gasteiger partial charge is 0.257 e. The zero-order valence-corrected chi connectivity index (χ0v) is 19.3. The summed E-state index contributed by atoms with van der Waals surface area (Å²) in [6.07, 6.45) is 2.22. The van der Waals surface area contributed by atoms with Crippen LogP contribution in [-0.2, 0) is 11.3 Å². The van der Waals surface area contributed by atoms with Crippen LogP contribution in [0.1, 0.15) is 28.8 Å². The Labute approximate surface area is 195 Å². The Balaban J connectivity index is 1.33. The number of likely N-dealkylation sites (N-methyl/N-ethyl adjacent to an activating group) is 1.